The third kappa shape index (κ3) is 4.98. The van der Waals surface area contributed by atoms with Gasteiger partial charge in [-0.1, -0.05) is 119 Å². The Morgan fingerprint density at radius 3 is 1.05 bits per heavy atom. The van der Waals surface area contributed by atoms with Gasteiger partial charge in [0, 0.05) is 24.1 Å². The second-order valence-electron chi connectivity index (χ2n) is 9.66. The Labute approximate surface area is 241 Å². The van der Waals surface area contributed by atoms with Crippen LogP contribution in [-0.4, -0.2) is 0 Å². The van der Waals surface area contributed by atoms with Crippen LogP contribution < -0.4 is 0 Å². The molecule has 0 saturated carbocycles. The third-order valence-electron chi connectivity index (χ3n) is 7.17. The summed E-state index contributed by atoms with van der Waals surface area (Å²) in [6, 6.07) is 57.7. The van der Waals surface area contributed by atoms with E-state index in [0.717, 1.165) is 4.47 Å². The summed E-state index contributed by atoms with van der Waals surface area (Å²) in [5.74, 6) is 0. The van der Waals surface area contributed by atoms with Crippen LogP contribution in [0.3, 0.4) is 0 Å². The van der Waals surface area contributed by atoms with Gasteiger partial charge in [0.2, 0.25) is 0 Å². The lowest BCUT2D eigenvalue weighted by molar-refractivity contribution is 1.23. The van der Waals surface area contributed by atoms with Crippen LogP contribution in [0, 0.1) is 6.92 Å². The van der Waals surface area contributed by atoms with Crippen molar-refractivity contribution < 1.29 is 0 Å². The number of aryl methyl sites for hydroxylation is 1. The first-order chi connectivity index (χ1) is 19.1. The molecule has 6 aromatic rings. The Bertz CT molecular complexity index is 1520. The monoisotopic (exact) mass is 584 g/mol. The molecule has 0 fully saturated rings. The number of hydrogen-bond donors (Lipinski definition) is 0. The summed E-state index contributed by atoms with van der Waals surface area (Å²) in [4.78, 5) is 5.28. The van der Waals surface area contributed by atoms with Crippen LogP contribution in [0.25, 0.3) is 22.3 Å². The fraction of sp³-hybridized carbons (Fsp3) is 0.0270. The van der Waals surface area contributed by atoms with E-state index < -0.39 is 10.0 Å². The van der Waals surface area contributed by atoms with Crippen molar-refractivity contribution >= 4 is 26.0 Å². The Hall–Kier alpha value is -3.85. The molecule has 0 amide bonds. The summed E-state index contributed by atoms with van der Waals surface area (Å²) in [6.45, 7) is 2.16. The summed E-state index contributed by atoms with van der Waals surface area (Å²) >= 11 is 3.67. The van der Waals surface area contributed by atoms with E-state index in [-0.39, 0.29) is 0 Å². The lowest BCUT2D eigenvalue weighted by Gasteiger charge is -2.42. The van der Waals surface area contributed by atoms with Crippen LogP contribution in [0.2, 0.25) is 0 Å². The first kappa shape index (κ1) is 25.4. The minimum Gasteiger partial charge on any atom is -0.133 e. The average Bonchev–Trinajstić information content (AvgIpc) is 3.01. The molecule has 0 unspecified atom stereocenters. The van der Waals surface area contributed by atoms with Crippen LogP contribution >= 0.6 is 26.0 Å². The summed E-state index contributed by atoms with van der Waals surface area (Å²) < 4.78 is 1.09. The zero-order valence-electron chi connectivity index (χ0n) is 21.8. The second-order valence-corrected chi connectivity index (χ2v) is 13.7. The highest BCUT2D eigenvalue weighted by Gasteiger charge is 2.33. The number of benzene rings is 6. The Morgan fingerprint density at radius 2 is 0.667 bits per heavy atom. The molecule has 0 aliphatic heterocycles. The van der Waals surface area contributed by atoms with E-state index in [0.29, 0.717) is 0 Å². The summed E-state index contributed by atoms with van der Waals surface area (Å²) in [5, 5.41) is 0. The SMILES string of the molecule is Cc1ccc(S(c2ccc(Br)cc2)(c2ccc(-c3ccccc3)cc2)c2ccc(-c3ccccc3)cc2)cc1. The molecule has 0 atom stereocenters. The zero-order valence-corrected chi connectivity index (χ0v) is 24.2. The summed E-state index contributed by atoms with van der Waals surface area (Å²) in [6.07, 6.45) is 0. The normalized spacial score (nSPS) is 11.7. The van der Waals surface area contributed by atoms with Crippen molar-refractivity contribution in [2.45, 2.75) is 26.5 Å². The highest BCUT2D eigenvalue weighted by molar-refractivity contribution is 9.10. The highest BCUT2D eigenvalue weighted by atomic mass is 79.9. The van der Waals surface area contributed by atoms with Crippen molar-refractivity contribution in [3.63, 3.8) is 0 Å². The molecule has 6 rings (SSSR count). The predicted molar refractivity (Wildman–Crippen MR) is 170 cm³/mol. The first-order valence-electron chi connectivity index (χ1n) is 13.1. The molecule has 0 N–H and O–H groups in total. The molecule has 0 aromatic heterocycles. The number of halogens is 1. The van der Waals surface area contributed by atoms with Gasteiger partial charge >= 0.3 is 0 Å². The van der Waals surface area contributed by atoms with Gasteiger partial charge in [0.25, 0.3) is 0 Å². The molecule has 0 bridgehead atoms. The van der Waals surface area contributed by atoms with Gasteiger partial charge in [-0.3, -0.25) is 0 Å². The van der Waals surface area contributed by atoms with Crippen LogP contribution in [0.5, 0.6) is 0 Å². The van der Waals surface area contributed by atoms with E-state index in [1.807, 2.05) is 0 Å². The minimum atomic E-state index is -1.76. The van der Waals surface area contributed by atoms with E-state index in [9.17, 15) is 0 Å². The fourth-order valence-electron chi connectivity index (χ4n) is 5.16. The maximum absolute atomic E-state index is 3.67. The van der Waals surface area contributed by atoms with Gasteiger partial charge in [0.15, 0.2) is 0 Å². The van der Waals surface area contributed by atoms with Gasteiger partial charge in [-0.2, -0.15) is 0 Å². The van der Waals surface area contributed by atoms with Crippen molar-refractivity contribution in [3.8, 4) is 22.3 Å². The van der Waals surface area contributed by atoms with Crippen molar-refractivity contribution in [1.29, 1.82) is 0 Å². The summed E-state index contributed by atoms with van der Waals surface area (Å²) in [7, 11) is -1.76. The van der Waals surface area contributed by atoms with Crippen molar-refractivity contribution in [2.24, 2.45) is 0 Å². The molecule has 190 valence electrons. The van der Waals surface area contributed by atoms with E-state index in [1.54, 1.807) is 0 Å². The Morgan fingerprint density at radius 1 is 0.359 bits per heavy atom. The van der Waals surface area contributed by atoms with Crippen LogP contribution in [0.1, 0.15) is 5.56 Å². The molecule has 0 saturated heterocycles. The molecule has 0 aliphatic rings. The van der Waals surface area contributed by atoms with Crippen molar-refractivity contribution in [2.75, 3.05) is 0 Å². The standard InChI is InChI=1S/C37H29BrS/c1-28-12-20-34(21-13-28)39(37-26-18-33(38)19-27-37,35-22-14-31(15-23-35)29-8-4-2-5-9-29)36-24-16-32(17-25-36)30-10-6-3-7-11-30/h2-27H,1H3. The predicted octanol–water partition coefficient (Wildman–Crippen LogP) is 11.4. The van der Waals surface area contributed by atoms with Crippen molar-refractivity contribution in [1.82, 2.24) is 0 Å². The molecular formula is C37H29BrS. The third-order valence-corrected chi connectivity index (χ3v) is 11.6. The molecule has 0 heterocycles. The van der Waals surface area contributed by atoms with Crippen LogP contribution in [0.4, 0.5) is 0 Å². The van der Waals surface area contributed by atoms with Gasteiger partial charge in [-0.05, 0) is 89.8 Å². The van der Waals surface area contributed by atoms with Gasteiger partial charge < -0.3 is 0 Å². The maximum Gasteiger partial charge on any atom is 0.0176 e. The maximum atomic E-state index is 3.67. The first-order valence-corrected chi connectivity index (χ1v) is 15.5. The molecule has 0 radical (unpaired) electrons. The van der Waals surface area contributed by atoms with E-state index in [2.05, 4.69) is 181 Å². The molecule has 39 heavy (non-hydrogen) atoms. The fourth-order valence-corrected chi connectivity index (χ4v) is 9.24. The zero-order chi connectivity index (χ0) is 26.7. The van der Waals surface area contributed by atoms with E-state index in [1.165, 1.54) is 47.4 Å². The van der Waals surface area contributed by atoms with Gasteiger partial charge in [0.1, 0.15) is 0 Å². The van der Waals surface area contributed by atoms with Crippen LogP contribution in [-0.2, 0) is 0 Å². The topological polar surface area (TPSA) is 0 Å². The lowest BCUT2D eigenvalue weighted by atomic mass is 10.1. The van der Waals surface area contributed by atoms with E-state index in [4.69, 9.17) is 0 Å². The van der Waals surface area contributed by atoms with Crippen molar-refractivity contribution in [3.05, 3.63) is 168 Å². The molecule has 6 aromatic carbocycles. The largest absolute Gasteiger partial charge is 0.133 e. The van der Waals surface area contributed by atoms with E-state index >= 15 is 0 Å². The Balaban J connectivity index is 1.59. The van der Waals surface area contributed by atoms with Gasteiger partial charge in [0.05, 0.1) is 0 Å². The second kappa shape index (κ2) is 11.1. The van der Waals surface area contributed by atoms with Crippen LogP contribution in [0.15, 0.2) is 182 Å². The lowest BCUT2D eigenvalue weighted by Crippen LogP contribution is -2.05. The molecule has 0 spiro atoms. The molecular weight excluding hydrogens is 556 g/mol. The Kier molecular flexibility index (Phi) is 7.24. The smallest absolute Gasteiger partial charge is 0.0176 e. The molecule has 0 nitrogen and oxygen atoms in total. The molecule has 2 heteroatoms. The van der Waals surface area contributed by atoms with Gasteiger partial charge in [-0.25, -0.2) is 0 Å². The summed E-state index contributed by atoms with van der Waals surface area (Å²) in [5.41, 5.74) is 6.19. The number of hydrogen-bond acceptors (Lipinski definition) is 0. The molecule has 0 aliphatic carbocycles. The highest BCUT2D eigenvalue weighted by Crippen LogP contribution is 2.73. The quantitative estimate of drug-likeness (QED) is 0.182. The average molecular weight is 586 g/mol. The van der Waals surface area contributed by atoms with Gasteiger partial charge in [-0.15, -0.1) is 10.0 Å². The number of rotatable bonds is 6. The minimum absolute atomic E-state index is 1.09.